The van der Waals surface area contributed by atoms with Crippen molar-refractivity contribution in [2.24, 2.45) is 5.92 Å². The van der Waals surface area contributed by atoms with E-state index in [-0.39, 0.29) is 0 Å². The average molecular weight is 335 g/mol. The van der Waals surface area contributed by atoms with Crippen molar-refractivity contribution in [1.82, 2.24) is 0 Å². The van der Waals surface area contributed by atoms with Crippen LogP contribution in [0.25, 0.3) is 0 Å². The molecule has 0 bridgehead atoms. The van der Waals surface area contributed by atoms with Crippen LogP contribution in [0.3, 0.4) is 0 Å². The zero-order chi connectivity index (χ0) is 15.6. The molecule has 0 amide bonds. The molecule has 0 aliphatic carbocycles. The highest BCUT2D eigenvalue weighted by Crippen LogP contribution is 2.63. The van der Waals surface area contributed by atoms with E-state index < -0.39 is 13.0 Å². The number of rotatable bonds is 4. The second-order valence-corrected chi connectivity index (χ2v) is 9.77. The quantitative estimate of drug-likeness (QED) is 0.803. The fraction of sp³-hybridized carbons (Fsp3) is 0.333. The van der Waals surface area contributed by atoms with Crippen LogP contribution in [0, 0.1) is 5.92 Å². The number of aliphatic hydroxyl groups excluding tert-OH is 1. The van der Waals surface area contributed by atoms with Gasteiger partial charge >= 0.3 is 0 Å². The first-order chi connectivity index (χ1) is 10.6. The molecular weight excluding hydrogens is 315 g/mol. The van der Waals surface area contributed by atoms with Gasteiger partial charge in [0.25, 0.3) is 0 Å². The first-order valence-corrected chi connectivity index (χ1v) is 10.1. The van der Waals surface area contributed by atoms with Crippen LogP contribution in [0.15, 0.2) is 54.6 Å². The summed E-state index contributed by atoms with van der Waals surface area (Å²) in [5.74, 6) is -0.458. The van der Waals surface area contributed by atoms with Gasteiger partial charge < -0.3 is 9.67 Å². The molecule has 0 aromatic heterocycles. The van der Waals surface area contributed by atoms with Gasteiger partial charge in [-0.25, -0.2) is 0 Å². The molecule has 1 aliphatic heterocycles. The van der Waals surface area contributed by atoms with E-state index >= 15 is 0 Å². The minimum Gasteiger partial charge on any atom is -0.381 e. The smallest absolute Gasteiger partial charge is 0.132 e. The summed E-state index contributed by atoms with van der Waals surface area (Å²) in [7, 11) is -2.58. The van der Waals surface area contributed by atoms with Gasteiger partial charge in [0.15, 0.2) is 0 Å². The fourth-order valence-electron chi connectivity index (χ4n) is 3.26. The number of halogens is 1. The summed E-state index contributed by atoms with van der Waals surface area (Å²) in [6.45, 7) is 0. The van der Waals surface area contributed by atoms with Gasteiger partial charge in [-0.2, -0.15) is 0 Å². The predicted molar refractivity (Wildman–Crippen MR) is 92.0 cm³/mol. The maximum Gasteiger partial charge on any atom is 0.132 e. The maximum absolute atomic E-state index is 13.1. The van der Waals surface area contributed by atoms with E-state index in [0.29, 0.717) is 28.8 Å². The van der Waals surface area contributed by atoms with Crippen LogP contribution >= 0.6 is 18.7 Å². The van der Waals surface area contributed by atoms with Crippen LogP contribution < -0.4 is 0 Å². The van der Waals surface area contributed by atoms with E-state index in [1.54, 1.807) is 24.3 Å². The SMILES string of the molecule is O=P1(C(O)c2ccc(Cl)cc2)CCC(Cc2ccccc2)C1. The summed E-state index contributed by atoms with van der Waals surface area (Å²) in [5, 5.41) is 11.2. The Balaban J connectivity index is 1.69. The third-order valence-corrected chi connectivity index (χ3v) is 8.06. The molecule has 0 saturated carbocycles. The molecule has 2 nitrogen and oxygen atoms in total. The summed E-state index contributed by atoms with van der Waals surface area (Å²) in [5.41, 5.74) is 2.00. The van der Waals surface area contributed by atoms with Crippen molar-refractivity contribution in [1.29, 1.82) is 0 Å². The van der Waals surface area contributed by atoms with Gasteiger partial charge in [-0.15, -0.1) is 0 Å². The molecule has 2 aromatic rings. The molecule has 4 heteroatoms. The molecule has 3 atom stereocenters. The Morgan fingerprint density at radius 1 is 1.14 bits per heavy atom. The largest absolute Gasteiger partial charge is 0.381 e. The topological polar surface area (TPSA) is 37.3 Å². The molecule has 0 radical (unpaired) electrons. The Labute approximate surface area is 136 Å². The summed E-state index contributed by atoms with van der Waals surface area (Å²) >= 11 is 5.87. The zero-order valence-electron chi connectivity index (χ0n) is 12.4. The Hall–Kier alpha value is -1.08. The second-order valence-electron chi connectivity index (χ2n) is 6.13. The van der Waals surface area contributed by atoms with Crippen LogP contribution in [0.1, 0.15) is 23.4 Å². The Morgan fingerprint density at radius 3 is 2.50 bits per heavy atom. The maximum atomic E-state index is 13.1. The average Bonchev–Trinajstić information content (AvgIpc) is 2.91. The van der Waals surface area contributed by atoms with Crippen molar-refractivity contribution in [3.63, 3.8) is 0 Å². The Bertz CT molecular complexity index is 669. The van der Waals surface area contributed by atoms with Crippen LogP contribution in [-0.2, 0) is 11.0 Å². The van der Waals surface area contributed by atoms with Gasteiger partial charge in [0.1, 0.15) is 13.0 Å². The molecule has 116 valence electrons. The normalized spacial score (nSPS) is 26.0. The number of hydrogen-bond acceptors (Lipinski definition) is 2. The molecule has 2 aromatic carbocycles. The standard InChI is InChI=1S/C18H20ClO2P/c19-17-8-6-16(7-9-17)18(20)22(21)11-10-15(13-22)12-14-4-2-1-3-5-14/h1-9,15,18,20H,10-13H2. The summed E-state index contributed by atoms with van der Waals surface area (Å²) < 4.78 is 13.1. The molecule has 22 heavy (non-hydrogen) atoms. The van der Waals surface area contributed by atoms with E-state index in [0.717, 1.165) is 12.8 Å². The molecular formula is C18H20ClO2P. The van der Waals surface area contributed by atoms with Crippen LogP contribution in [0.5, 0.6) is 0 Å². The van der Waals surface area contributed by atoms with E-state index in [4.69, 9.17) is 11.6 Å². The molecule has 1 heterocycles. The zero-order valence-corrected chi connectivity index (χ0v) is 14.0. The lowest BCUT2D eigenvalue weighted by molar-refractivity contribution is 0.253. The molecule has 0 spiro atoms. The molecule has 1 saturated heterocycles. The van der Waals surface area contributed by atoms with Crippen molar-refractivity contribution in [2.75, 3.05) is 12.3 Å². The van der Waals surface area contributed by atoms with Gasteiger partial charge in [-0.3, -0.25) is 0 Å². The highest BCUT2D eigenvalue weighted by Gasteiger charge is 2.40. The number of aliphatic hydroxyl groups is 1. The minimum atomic E-state index is -2.58. The molecule has 1 N–H and O–H groups in total. The molecule has 1 fully saturated rings. The molecule has 3 unspecified atom stereocenters. The Morgan fingerprint density at radius 2 is 1.82 bits per heavy atom. The highest BCUT2D eigenvalue weighted by atomic mass is 35.5. The Kier molecular flexibility index (Phi) is 4.73. The fourth-order valence-corrected chi connectivity index (χ4v) is 6.72. The lowest BCUT2D eigenvalue weighted by Crippen LogP contribution is -2.05. The summed E-state index contributed by atoms with van der Waals surface area (Å²) in [6, 6.07) is 17.3. The van der Waals surface area contributed by atoms with Gasteiger partial charge in [0.05, 0.1) is 0 Å². The van der Waals surface area contributed by atoms with Crippen molar-refractivity contribution in [3.05, 3.63) is 70.7 Å². The minimum absolute atomic E-state index is 0.398. The third kappa shape index (κ3) is 3.46. The number of hydrogen-bond donors (Lipinski definition) is 1. The lowest BCUT2D eigenvalue weighted by atomic mass is 9.99. The van der Waals surface area contributed by atoms with E-state index in [9.17, 15) is 9.67 Å². The first-order valence-electron chi connectivity index (χ1n) is 7.62. The van der Waals surface area contributed by atoms with E-state index in [1.807, 2.05) is 18.2 Å². The molecule has 3 rings (SSSR count). The third-order valence-electron chi connectivity index (χ3n) is 4.46. The first kappa shape index (κ1) is 15.8. The van der Waals surface area contributed by atoms with Crippen molar-refractivity contribution >= 4 is 18.7 Å². The van der Waals surface area contributed by atoms with Gasteiger partial charge in [0.2, 0.25) is 0 Å². The monoisotopic (exact) mass is 334 g/mol. The van der Waals surface area contributed by atoms with E-state index in [1.165, 1.54) is 5.56 Å². The summed E-state index contributed by atoms with van der Waals surface area (Å²) in [4.78, 5) is 0. The van der Waals surface area contributed by atoms with Gasteiger partial charge in [-0.1, -0.05) is 54.1 Å². The summed E-state index contributed by atoms with van der Waals surface area (Å²) in [6.07, 6.45) is 3.13. The van der Waals surface area contributed by atoms with Crippen LogP contribution in [0.2, 0.25) is 5.02 Å². The van der Waals surface area contributed by atoms with Crippen molar-refractivity contribution in [3.8, 4) is 0 Å². The highest BCUT2D eigenvalue weighted by molar-refractivity contribution is 7.64. The number of benzene rings is 2. The van der Waals surface area contributed by atoms with Gasteiger partial charge in [-0.05, 0) is 42.0 Å². The van der Waals surface area contributed by atoms with E-state index in [2.05, 4.69) is 12.1 Å². The second kappa shape index (κ2) is 6.58. The lowest BCUT2D eigenvalue weighted by Gasteiger charge is -2.20. The van der Waals surface area contributed by atoms with Crippen LogP contribution in [-0.4, -0.2) is 17.4 Å². The van der Waals surface area contributed by atoms with Crippen molar-refractivity contribution < 1.29 is 9.67 Å². The van der Waals surface area contributed by atoms with Crippen LogP contribution in [0.4, 0.5) is 0 Å². The predicted octanol–water partition coefficient (Wildman–Crippen LogP) is 4.96. The van der Waals surface area contributed by atoms with Crippen molar-refractivity contribution in [2.45, 2.75) is 18.7 Å². The molecule has 1 aliphatic rings. The van der Waals surface area contributed by atoms with Gasteiger partial charge in [0, 0.05) is 17.3 Å².